The third-order valence-electron chi connectivity index (χ3n) is 5.18. The van der Waals surface area contributed by atoms with Gasteiger partial charge in [0.05, 0.1) is 18.7 Å². The van der Waals surface area contributed by atoms with Crippen molar-refractivity contribution >= 4 is 29.1 Å². The van der Waals surface area contributed by atoms with Gasteiger partial charge in [0.1, 0.15) is 23.2 Å². The van der Waals surface area contributed by atoms with Gasteiger partial charge in [-0.05, 0) is 49.7 Å². The van der Waals surface area contributed by atoms with E-state index in [0.717, 1.165) is 12.6 Å². The predicted molar refractivity (Wildman–Crippen MR) is 120 cm³/mol. The first-order chi connectivity index (χ1) is 13.7. The van der Waals surface area contributed by atoms with Crippen molar-refractivity contribution in [2.24, 2.45) is 5.92 Å². The van der Waals surface area contributed by atoms with Gasteiger partial charge in [-0.1, -0.05) is 61.5 Å². The Labute approximate surface area is 168 Å². The van der Waals surface area contributed by atoms with Crippen LogP contribution in [0.1, 0.15) is 20.3 Å². The van der Waals surface area contributed by atoms with Gasteiger partial charge in [0.2, 0.25) is 0 Å². The topological polar surface area (TPSA) is 26.3 Å². The summed E-state index contributed by atoms with van der Waals surface area (Å²) >= 11 is 0. The summed E-state index contributed by atoms with van der Waals surface area (Å²) in [4.78, 5) is 12.3. The molecule has 28 heavy (non-hydrogen) atoms. The van der Waals surface area contributed by atoms with Crippen LogP contribution in [0.3, 0.4) is 0 Å². The molecule has 0 saturated carbocycles. The standard InChI is InChI=1S/C25H28O2P/c1-3-27-25(26)21(2)19-20-28(22-13-7-4-8-14-22,23-15-9-5-10-16-23)24-17-11-6-12-18-24/h4-18,21H,3,19-20H2,1-2H3/q+1/t21-/m1/s1. The zero-order valence-electron chi connectivity index (χ0n) is 16.6. The van der Waals surface area contributed by atoms with Crippen LogP contribution in [0.2, 0.25) is 0 Å². The molecule has 0 aliphatic heterocycles. The smallest absolute Gasteiger partial charge is 0.308 e. The van der Waals surface area contributed by atoms with Gasteiger partial charge < -0.3 is 4.74 Å². The zero-order chi connectivity index (χ0) is 19.8. The van der Waals surface area contributed by atoms with Gasteiger partial charge in [-0.15, -0.1) is 0 Å². The van der Waals surface area contributed by atoms with Crippen LogP contribution in [0.15, 0.2) is 91.0 Å². The summed E-state index contributed by atoms with van der Waals surface area (Å²) in [5.74, 6) is -0.217. The molecule has 3 rings (SSSR count). The molecule has 0 fully saturated rings. The van der Waals surface area contributed by atoms with E-state index in [-0.39, 0.29) is 11.9 Å². The predicted octanol–water partition coefficient (Wildman–Crippen LogP) is 4.57. The third kappa shape index (κ3) is 4.34. The summed E-state index contributed by atoms with van der Waals surface area (Å²) in [5.41, 5.74) is 0. The van der Waals surface area contributed by atoms with E-state index in [9.17, 15) is 4.79 Å². The Bertz CT molecular complexity index is 766. The normalized spacial score (nSPS) is 12.4. The summed E-state index contributed by atoms with van der Waals surface area (Å²) in [6.07, 6.45) is 1.73. The molecule has 144 valence electrons. The highest BCUT2D eigenvalue weighted by molar-refractivity contribution is 7.95. The SMILES string of the molecule is CCOC(=O)[C@H](C)CC[P+](c1ccccc1)(c1ccccc1)c1ccccc1. The molecule has 0 aliphatic rings. The highest BCUT2D eigenvalue weighted by atomic mass is 31.2. The van der Waals surface area contributed by atoms with Crippen LogP contribution >= 0.6 is 7.26 Å². The molecule has 2 nitrogen and oxygen atoms in total. The van der Waals surface area contributed by atoms with Crippen LogP contribution in [-0.2, 0) is 9.53 Å². The molecular weight excluding hydrogens is 363 g/mol. The van der Waals surface area contributed by atoms with E-state index in [1.807, 2.05) is 13.8 Å². The molecule has 0 amide bonds. The van der Waals surface area contributed by atoms with Gasteiger partial charge in [0.25, 0.3) is 0 Å². The minimum atomic E-state index is -1.87. The average molecular weight is 391 g/mol. The third-order valence-corrected chi connectivity index (χ3v) is 9.65. The molecule has 0 bridgehead atoms. The molecule has 0 unspecified atom stereocenters. The van der Waals surface area contributed by atoms with Crippen molar-refractivity contribution < 1.29 is 9.53 Å². The van der Waals surface area contributed by atoms with Crippen molar-refractivity contribution in [1.82, 2.24) is 0 Å². The van der Waals surface area contributed by atoms with Gasteiger partial charge in [0.15, 0.2) is 0 Å². The van der Waals surface area contributed by atoms with Crippen molar-refractivity contribution in [3.05, 3.63) is 91.0 Å². The molecule has 0 heterocycles. The summed E-state index contributed by atoms with van der Waals surface area (Å²) in [6.45, 7) is 4.27. The van der Waals surface area contributed by atoms with Crippen molar-refractivity contribution in [3.8, 4) is 0 Å². The lowest BCUT2D eigenvalue weighted by molar-refractivity contribution is -0.147. The average Bonchev–Trinajstić information content (AvgIpc) is 2.76. The number of carbonyl (C=O) groups is 1. The van der Waals surface area contributed by atoms with Crippen LogP contribution in [0, 0.1) is 5.92 Å². The molecule has 0 spiro atoms. The Morgan fingerprint density at radius 2 is 1.18 bits per heavy atom. The highest BCUT2D eigenvalue weighted by Crippen LogP contribution is 2.56. The lowest BCUT2D eigenvalue weighted by Crippen LogP contribution is -2.34. The number of hydrogen-bond donors (Lipinski definition) is 0. The summed E-state index contributed by atoms with van der Waals surface area (Å²) < 4.78 is 5.26. The van der Waals surface area contributed by atoms with E-state index >= 15 is 0 Å². The minimum Gasteiger partial charge on any atom is -0.466 e. The maximum absolute atomic E-state index is 12.3. The molecule has 3 heteroatoms. The number of carbonyl (C=O) groups excluding carboxylic acids is 1. The molecule has 0 aromatic heterocycles. The fraction of sp³-hybridized carbons (Fsp3) is 0.240. The van der Waals surface area contributed by atoms with Crippen LogP contribution in [0.4, 0.5) is 0 Å². The van der Waals surface area contributed by atoms with Gasteiger partial charge in [-0.25, -0.2) is 0 Å². The fourth-order valence-corrected chi connectivity index (χ4v) is 8.16. The molecule has 0 N–H and O–H groups in total. The van der Waals surface area contributed by atoms with Crippen LogP contribution < -0.4 is 15.9 Å². The first-order valence-corrected chi connectivity index (χ1v) is 11.9. The van der Waals surface area contributed by atoms with Gasteiger partial charge in [-0.2, -0.15) is 0 Å². The first-order valence-electron chi connectivity index (χ1n) is 9.90. The van der Waals surface area contributed by atoms with Crippen molar-refractivity contribution in [3.63, 3.8) is 0 Å². The Balaban J connectivity index is 2.10. The van der Waals surface area contributed by atoms with Crippen LogP contribution in [0.25, 0.3) is 0 Å². The summed E-state index contributed by atoms with van der Waals surface area (Å²) in [6, 6.07) is 32.3. The number of ether oxygens (including phenoxy) is 1. The second kappa shape index (κ2) is 9.66. The van der Waals surface area contributed by atoms with E-state index in [1.54, 1.807) is 0 Å². The molecule has 3 aromatic rings. The molecular formula is C25H28O2P+. The second-order valence-corrected chi connectivity index (χ2v) is 10.6. The second-order valence-electron chi connectivity index (χ2n) is 6.98. The number of esters is 1. The summed E-state index contributed by atoms with van der Waals surface area (Å²) in [7, 11) is -1.87. The van der Waals surface area contributed by atoms with E-state index in [1.165, 1.54) is 15.9 Å². The monoisotopic (exact) mass is 391 g/mol. The Morgan fingerprint density at radius 1 is 0.786 bits per heavy atom. The Morgan fingerprint density at radius 3 is 1.54 bits per heavy atom. The number of hydrogen-bond acceptors (Lipinski definition) is 2. The van der Waals surface area contributed by atoms with Crippen LogP contribution in [0.5, 0.6) is 0 Å². The fourth-order valence-electron chi connectivity index (χ4n) is 3.67. The maximum atomic E-state index is 12.3. The Hall–Kier alpha value is -2.44. The lowest BCUT2D eigenvalue weighted by Gasteiger charge is -2.28. The zero-order valence-corrected chi connectivity index (χ0v) is 17.5. The van der Waals surface area contributed by atoms with Crippen molar-refractivity contribution in [2.45, 2.75) is 20.3 Å². The van der Waals surface area contributed by atoms with E-state index < -0.39 is 7.26 Å². The maximum Gasteiger partial charge on any atom is 0.308 e. The van der Waals surface area contributed by atoms with Gasteiger partial charge in [0, 0.05) is 0 Å². The van der Waals surface area contributed by atoms with E-state index in [0.29, 0.717) is 6.61 Å². The molecule has 3 aromatic carbocycles. The molecule has 1 atom stereocenters. The Kier molecular flexibility index (Phi) is 7.01. The van der Waals surface area contributed by atoms with E-state index in [2.05, 4.69) is 91.0 Å². The molecule has 0 radical (unpaired) electrons. The largest absolute Gasteiger partial charge is 0.466 e. The lowest BCUT2D eigenvalue weighted by atomic mass is 10.1. The minimum absolute atomic E-state index is 0.102. The number of rotatable bonds is 8. The highest BCUT2D eigenvalue weighted by Gasteiger charge is 2.45. The van der Waals surface area contributed by atoms with Crippen molar-refractivity contribution in [2.75, 3.05) is 12.8 Å². The first kappa shape index (κ1) is 20.3. The molecule has 0 aliphatic carbocycles. The van der Waals surface area contributed by atoms with Crippen molar-refractivity contribution in [1.29, 1.82) is 0 Å². The summed E-state index contributed by atoms with van der Waals surface area (Å²) in [5, 5.41) is 4.05. The number of benzene rings is 3. The van der Waals surface area contributed by atoms with Crippen LogP contribution in [-0.4, -0.2) is 18.7 Å². The molecule has 0 saturated heterocycles. The van der Waals surface area contributed by atoms with Gasteiger partial charge in [-0.3, -0.25) is 4.79 Å². The quantitative estimate of drug-likeness (QED) is 0.415. The van der Waals surface area contributed by atoms with Gasteiger partial charge >= 0.3 is 5.97 Å². The van der Waals surface area contributed by atoms with E-state index in [4.69, 9.17) is 4.74 Å².